The highest BCUT2D eigenvalue weighted by molar-refractivity contribution is 5.11. The van der Waals surface area contributed by atoms with Gasteiger partial charge < -0.3 is 0 Å². The third-order valence-electron chi connectivity index (χ3n) is 7.26. The predicted molar refractivity (Wildman–Crippen MR) is 75.4 cm³/mol. The van der Waals surface area contributed by atoms with Crippen LogP contribution in [0.15, 0.2) is 0 Å². The van der Waals surface area contributed by atoms with Crippen molar-refractivity contribution in [3.63, 3.8) is 0 Å². The maximum Gasteiger partial charge on any atom is 0.0160 e. The van der Waals surface area contributed by atoms with Gasteiger partial charge in [-0.15, -0.1) is 0 Å². The second kappa shape index (κ2) is 4.23. The van der Waals surface area contributed by atoms with Crippen LogP contribution in [0.3, 0.4) is 0 Å². The monoisotopic (exact) mass is 247 g/mol. The van der Waals surface area contributed by atoms with Gasteiger partial charge in [-0.1, -0.05) is 32.6 Å². The van der Waals surface area contributed by atoms with E-state index in [0.29, 0.717) is 0 Å². The van der Waals surface area contributed by atoms with Gasteiger partial charge in [0.1, 0.15) is 0 Å². The molecule has 0 aromatic carbocycles. The van der Waals surface area contributed by atoms with Gasteiger partial charge >= 0.3 is 0 Å². The molecule has 3 saturated carbocycles. The molecule has 102 valence electrons. The lowest BCUT2D eigenvalue weighted by atomic mass is 9.73. The summed E-state index contributed by atoms with van der Waals surface area (Å²) in [5, 5.41) is 0. The Labute approximate surface area is 112 Å². The minimum atomic E-state index is 0.957. The van der Waals surface area contributed by atoms with Crippen LogP contribution >= 0.6 is 0 Å². The van der Waals surface area contributed by atoms with Gasteiger partial charge in [0.25, 0.3) is 0 Å². The first-order valence-corrected chi connectivity index (χ1v) is 8.51. The summed E-state index contributed by atoms with van der Waals surface area (Å²) >= 11 is 0. The smallest absolute Gasteiger partial charge is 0.0160 e. The van der Waals surface area contributed by atoms with Crippen LogP contribution in [-0.4, -0.2) is 24.0 Å². The molecule has 0 N–H and O–H groups in total. The number of fused-ring (bicyclic) bond motifs is 5. The summed E-state index contributed by atoms with van der Waals surface area (Å²) in [5.41, 5.74) is 0. The zero-order chi connectivity index (χ0) is 12.3. The van der Waals surface area contributed by atoms with Crippen molar-refractivity contribution in [3.8, 4) is 0 Å². The van der Waals surface area contributed by atoms with Crippen LogP contribution in [0.2, 0.25) is 0 Å². The molecule has 0 aromatic heterocycles. The van der Waals surface area contributed by atoms with Crippen LogP contribution in [0, 0.1) is 29.6 Å². The summed E-state index contributed by atoms with van der Waals surface area (Å²) in [5.74, 6) is 5.30. The standard InChI is InChI=1S/C17H29N/c1-11-12-7-3-4-8-13(12)17-16(11)14-9-5-6-10-15(14)18(17)2/h11-17H,3-10H2,1-2H3. The van der Waals surface area contributed by atoms with Crippen molar-refractivity contribution in [2.75, 3.05) is 7.05 Å². The molecule has 0 aromatic rings. The average Bonchev–Trinajstić information content (AvgIpc) is 2.87. The highest BCUT2D eigenvalue weighted by Gasteiger charge is 2.59. The molecule has 0 bridgehead atoms. The van der Waals surface area contributed by atoms with E-state index in [1.165, 1.54) is 32.1 Å². The van der Waals surface area contributed by atoms with Crippen molar-refractivity contribution >= 4 is 0 Å². The zero-order valence-electron chi connectivity index (χ0n) is 12.1. The number of rotatable bonds is 0. The van der Waals surface area contributed by atoms with Gasteiger partial charge in [-0.2, -0.15) is 0 Å². The van der Waals surface area contributed by atoms with Crippen molar-refractivity contribution in [3.05, 3.63) is 0 Å². The fourth-order valence-electron chi connectivity index (χ4n) is 6.68. The molecule has 7 unspecified atom stereocenters. The Balaban J connectivity index is 1.67. The van der Waals surface area contributed by atoms with Crippen molar-refractivity contribution in [2.45, 2.75) is 70.4 Å². The van der Waals surface area contributed by atoms with Crippen LogP contribution < -0.4 is 0 Å². The normalized spacial score (nSPS) is 56.0. The SMILES string of the molecule is CC1C2CCCCC2C2C1C1CCCCC1N2C. The number of likely N-dealkylation sites (tertiary alicyclic amines) is 1. The number of hydrogen-bond acceptors (Lipinski definition) is 1. The average molecular weight is 247 g/mol. The van der Waals surface area contributed by atoms with E-state index in [4.69, 9.17) is 0 Å². The topological polar surface area (TPSA) is 3.24 Å². The zero-order valence-corrected chi connectivity index (χ0v) is 12.1. The lowest BCUT2D eigenvalue weighted by molar-refractivity contribution is 0.108. The van der Waals surface area contributed by atoms with Crippen molar-refractivity contribution in [2.24, 2.45) is 29.6 Å². The molecule has 1 saturated heterocycles. The van der Waals surface area contributed by atoms with Crippen molar-refractivity contribution < 1.29 is 0 Å². The molecule has 7 atom stereocenters. The summed E-state index contributed by atoms with van der Waals surface area (Å²) in [6, 6.07) is 1.93. The van der Waals surface area contributed by atoms with Crippen LogP contribution in [0.25, 0.3) is 0 Å². The van der Waals surface area contributed by atoms with Gasteiger partial charge in [0, 0.05) is 12.1 Å². The van der Waals surface area contributed by atoms with Crippen molar-refractivity contribution in [1.82, 2.24) is 4.90 Å². The molecule has 4 rings (SSSR count). The van der Waals surface area contributed by atoms with Gasteiger partial charge in [0.15, 0.2) is 0 Å². The summed E-state index contributed by atoms with van der Waals surface area (Å²) < 4.78 is 0. The molecule has 1 heterocycles. The van der Waals surface area contributed by atoms with E-state index < -0.39 is 0 Å². The first-order chi connectivity index (χ1) is 8.79. The van der Waals surface area contributed by atoms with Crippen LogP contribution in [0.5, 0.6) is 0 Å². The van der Waals surface area contributed by atoms with E-state index in [1.54, 1.807) is 19.3 Å². The molecule has 4 fully saturated rings. The minimum absolute atomic E-state index is 0.957. The Hall–Kier alpha value is -0.0400. The molecular formula is C17H29N. The molecule has 18 heavy (non-hydrogen) atoms. The fourth-order valence-corrected chi connectivity index (χ4v) is 6.68. The highest BCUT2D eigenvalue weighted by atomic mass is 15.2. The van der Waals surface area contributed by atoms with Gasteiger partial charge in [0.05, 0.1) is 0 Å². The van der Waals surface area contributed by atoms with E-state index >= 15 is 0 Å². The van der Waals surface area contributed by atoms with E-state index in [9.17, 15) is 0 Å². The molecular weight excluding hydrogens is 218 g/mol. The third-order valence-corrected chi connectivity index (χ3v) is 7.26. The van der Waals surface area contributed by atoms with Gasteiger partial charge in [-0.3, -0.25) is 4.90 Å². The predicted octanol–water partition coefficient (Wildman–Crippen LogP) is 3.93. The van der Waals surface area contributed by atoms with E-state index in [-0.39, 0.29) is 0 Å². The Morgan fingerprint density at radius 2 is 1.39 bits per heavy atom. The first kappa shape index (κ1) is 11.8. The van der Waals surface area contributed by atoms with Gasteiger partial charge in [-0.25, -0.2) is 0 Å². The highest BCUT2D eigenvalue weighted by Crippen LogP contribution is 2.59. The third kappa shape index (κ3) is 1.43. The largest absolute Gasteiger partial charge is 0.300 e. The summed E-state index contributed by atoms with van der Waals surface area (Å²) in [6.45, 7) is 2.61. The molecule has 4 aliphatic rings. The lowest BCUT2D eigenvalue weighted by Crippen LogP contribution is -2.40. The van der Waals surface area contributed by atoms with E-state index in [1.807, 2.05) is 0 Å². The second-order valence-electron chi connectivity index (χ2n) is 7.72. The second-order valence-corrected chi connectivity index (χ2v) is 7.72. The Bertz CT molecular complexity index is 294. The summed E-state index contributed by atoms with van der Waals surface area (Å²) in [4.78, 5) is 2.86. The van der Waals surface area contributed by atoms with Gasteiger partial charge in [0.2, 0.25) is 0 Å². The molecule has 0 radical (unpaired) electrons. The number of nitrogens with zero attached hydrogens (tertiary/aromatic N) is 1. The Kier molecular flexibility index (Phi) is 2.76. The van der Waals surface area contributed by atoms with Gasteiger partial charge in [-0.05, 0) is 62.3 Å². The van der Waals surface area contributed by atoms with Crippen LogP contribution in [0.4, 0.5) is 0 Å². The van der Waals surface area contributed by atoms with E-state index in [2.05, 4.69) is 18.9 Å². The number of hydrogen-bond donors (Lipinski definition) is 0. The van der Waals surface area contributed by atoms with Crippen LogP contribution in [-0.2, 0) is 0 Å². The van der Waals surface area contributed by atoms with E-state index in [0.717, 1.165) is 41.7 Å². The maximum absolute atomic E-state index is 2.86. The fraction of sp³-hybridized carbons (Fsp3) is 1.00. The molecule has 3 aliphatic carbocycles. The Morgan fingerprint density at radius 1 is 0.778 bits per heavy atom. The summed E-state index contributed by atoms with van der Waals surface area (Å²) in [7, 11) is 2.47. The summed E-state index contributed by atoms with van der Waals surface area (Å²) in [6.07, 6.45) is 12.2. The Morgan fingerprint density at radius 3 is 2.17 bits per heavy atom. The first-order valence-electron chi connectivity index (χ1n) is 8.51. The molecule has 1 nitrogen and oxygen atoms in total. The quantitative estimate of drug-likeness (QED) is 0.627. The molecule has 0 amide bonds. The lowest BCUT2D eigenvalue weighted by Gasteiger charge is -2.38. The minimum Gasteiger partial charge on any atom is -0.300 e. The molecule has 1 aliphatic heterocycles. The van der Waals surface area contributed by atoms with Crippen LogP contribution in [0.1, 0.15) is 58.3 Å². The molecule has 0 spiro atoms. The van der Waals surface area contributed by atoms with Crippen molar-refractivity contribution in [1.29, 1.82) is 0 Å². The maximum atomic E-state index is 2.86. The molecule has 1 heteroatoms.